The highest BCUT2D eigenvalue weighted by atomic mass is 16.5. The van der Waals surface area contributed by atoms with E-state index in [4.69, 9.17) is 4.74 Å². The first-order valence-corrected chi connectivity index (χ1v) is 10.4. The van der Waals surface area contributed by atoms with Crippen LogP contribution >= 0.6 is 0 Å². The van der Waals surface area contributed by atoms with Gasteiger partial charge in [0.25, 0.3) is 11.5 Å². The first kappa shape index (κ1) is 22.2. The van der Waals surface area contributed by atoms with Crippen molar-refractivity contribution < 1.29 is 14.3 Å². The molecular weight excluding hydrogens is 394 g/mol. The van der Waals surface area contributed by atoms with Crippen molar-refractivity contribution >= 4 is 22.6 Å². The van der Waals surface area contributed by atoms with Gasteiger partial charge in [-0.15, -0.1) is 0 Å². The van der Waals surface area contributed by atoms with Crippen LogP contribution in [0.15, 0.2) is 59.4 Å². The Morgan fingerprint density at radius 3 is 2.32 bits per heavy atom. The van der Waals surface area contributed by atoms with E-state index in [1.54, 1.807) is 24.3 Å². The Balaban J connectivity index is 1.74. The van der Waals surface area contributed by atoms with Gasteiger partial charge in [-0.1, -0.05) is 62.4 Å². The number of hydrogen-bond donors (Lipinski definition) is 1. The molecule has 1 N–H and O–H groups in total. The van der Waals surface area contributed by atoms with Crippen molar-refractivity contribution in [3.63, 3.8) is 0 Å². The first-order valence-electron chi connectivity index (χ1n) is 10.4. The highest BCUT2D eigenvalue weighted by molar-refractivity contribution is 6.02. The molecule has 0 spiro atoms. The average molecular weight is 421 g/mol. The molecule has 2 aromatic carbocycles. The summed E-state index contributed by atoms with van der Waals surface area (Å²) in [5.41, 5.74) is 0.733. The molecule has 1 aromatic heterocycles. The van der Waals surface area contributed by atoms with Crippen molar-refractivity contribution in [1.29, 1.82) is 0 Å². The number of hydrogen-bond acceptors (Lipinski definition) is 5. The molecule has 0 fully saturated rings. The highest BCUT2D eigenvalue weighted by Gasteiger charge is 2.19. The maximum atomic E-state index is 12.7. The topological polar surface area (TPSA) is 90.3 Å². The van der Waals surface area contributed by atoms with Crippen molar-refractivity contribution in [1.82, 2.24) is 15.1 Å². The van der Waals surface area contributed by atoms with Gasteiger partial charge >= 0.3 is 5.97 Å². The predicted octanol–water partition coefficient (Wildman–Crippen LogP) is 3.48. The molecule has 7 nitrogen and oxygen atoms in total. The van der Waals surface area contributed by atoms with E-state index >= 15 is 0 Å². The Morgan fingerprint density at radius 1 is 1.00 bits per heavy atom. The maximum absolute atomic E-state index is 12.7. The Morgan fingerprint density at radius 2 is 1.65 bits per heavy atom. The Kier molecular flexibility index (Phi) is 7.18. The number of amides is 1. The van der Waals surface area contributed by atoms with Crippen LogP contribution in [0.4, 0.5) is 0 Å². The van der Waals surface area contributed by atoms with Crippen LogP contribution in [-0.2, 0) is 16.1 Å². The van der Waals surface area contributed by atoms with Gasteiger partial charge in [0.05, 0.1) is 11.4 Å². The van der Waals surface area contributed by atoms with Gasteiger partial charge in [-0.3, -0.25) is 9.59 Å². The number of aromatic nitrogens is 2. The largest absolute Gasteiger partial charge is 0.451 e. The summed E-state index contributed by atoms with van der Waals surface area (Å²) in [4.78, 5) is 37.7. The zero-order valence-electron chi connectivity index (χ0n) is 18.0. The van der Waals surface area contributed by atoms with Crippen molar-refractivity contribution in [2.45, 2.75) is 39.8 Å². The lowest BCUT2D eigenvalue weighted by atomic mass is 10.1. The third-order valence-corrected chi connectivity index (χ3v) is 4.99. The molecule has 1 atom stereocenters. The Hall–Kier alpha value is -3.48. The van der Waals surface area contributed by atoms with E-state index in [0.717, 1.165) is 12.0 Å². The van der Waals surface area contributed by atoms with Crippen molar-refractivity contribution in [3.8, 4) is 0 Å². The van der Waals surface area contributed by atoms with Gasteiger partial charge in [-0.25, -0.2) is 9.48 Å². The van der Waals surface area contributed by atoms with Gasteiger partial charge in [0.15, 0.2) is 12.3 Å². The smallest absolute Gasteiger partial charge is 0.359 e. The molecule has 0 aliphatic carbocycles. The summed E-state index contributed by atoms with van der Waals surface area (Å²) in [6.07, 6.45) is 0.750. The molecule has 1 heterocycles. The quantitative estimate of drug-likeness (QED) is 0.563. The fourth-order valence-electron chi connectivity index (χ4n) is 3.23. The van der Waals surface area contributed by atoms with Crippen LogP contribution in [0.5, 0.6) is 0 Å². The summed E-state index contributed by atoms with van der Waals surface area (Å²) in [5.74, 6) is -0.773. The van der Waals surface area contributed by atoms with E-state index in [1.807, 2.05) is 37.3 Å². The third kappa shape index (κ3) is 5.57. The summed E-state index contributed by atoms with van der Waals surface area (Å²) >= 11 is 0. The lowest BCUT2D eigenvalue weighted by molar-refractivity contribution is -0.124. The monoisotopic (exact) mass is 421 g/mol. The number of rotatable bonds is 8. The molecule has 1 amide bonds. The van der Waals surface area contributed by atoms with E-state index < -0.39 is 18.5 Å². The molecule has 7 heteroatoms. The van der Waals surface area contributed by atoms with Gasteiger partial charge in [0.2, 0.25) is 0 Å². The molecule has 0 aliphatic heterocycles. The van der Waals surface area contributed by atoms with Crippen LogP contribution < -0.4 is 10.9 Å². The molecule has 0 saturated carbocycles. The summed E-state index contributed by atoms with van der Waals surface area (Å²) in [5, 5.41) is 7.87. The minimum atomic E-state index is -0.739. The second-order valence-electron chi connectivity index (χ2n) is 7.88. The molecular formula is C24H27N3O4. The summed E-state index contributed by atoms with van der Waals surface area (Å²) in [6, 6.07) is 16.1. The van der Waals surface area contributed by atoms with Gasteiger partial charge in [0.1, 0.15) is 0 Å². The number of nitrogens with one attached hydrogen (secondary N) is 1. The van der Waals surface area contributed by atoms with Crippen LogP contribution in [0, 0.1) is 5.92 Å². The third-order valence-electron chi connectivity index (χ3n) is 4.99. The fraction of sp³-hybridized carbons (Fsp3) is 0.333. The van der Waals surface area contributed by atoms with Crippen LogP contribution in [0.3, 0.4) is 0 Å². The fourth-order valence-corrected chi connectivity index (χ4v) is 3.23. The molecule has 3 rings (SSSR count). The zero-order valence-corrected chi connectivity index (χ0v) is 18.0. The molecule has 162 valence electrons. The molecule has 0 bridgehead atoms. The lowest BCUT2D eigenvalue weighted by Gasteiger charge is -2.15. The summed E-state index contributed by atoms with van der Waals surface area (Å²) < 4.78 is 6.53. The standard InChI is InChI=1S/C24H27N3O4/c1-16(2)13-14-27-23(29)20-12-8-7-11-19(20)22(26-27)24(30)31-15-21(28)25-17(3)18-9-5-4-6-10-18/h4-12,16-17H,13-15H2,1-3H3,(H,25,28)/t17-/m0/s1. The number of fused-ring (bicyclic) bond motifs is 1. The van der Waals surface area contributed by atoms with Gasteiger partial charge in [-0.05, 0) is 30.9 Å². The van der Waals surface area contributed by atoms with Gasteiger partial charge in [-0.2, -0.15) is 5.10 Å². The molecule has 0 aliphatic rings. The van der Waals surface area contributed by atoms with Crippen molar-refractivity contribution in [3.05, 3.63) is 76.2 Å². The van der Waals surface area contributed by atoms with Crippen molar-refractivity contribution in [2.24, 2.45) is 5.92 Å². The van der Waals surface area contributed by atoms with E-state index in [0.29, 0.717) is 23.2 Å². The van der Waals surface area contributed by atoms with Gasteiger partial charge < -0.3 is 10.1 Å². The zero-order chi connectivity index (χ0) is 22.4. The predicted molar refractivity (Wildman–Crippen MR) is 119 cm³/mol. The Bertz CT molecular complexity index is 1120. The number of carbonyl (C=O) groups excluding carboxylic acids is 2. The minimum absolute atomic E-state index is 0.0304. The van der Waals surface area contributed by atoms with E-state index in [1.165, 1.54) is 4.68 Å². The SMILES string of the molecule is CC(C)CCn1nc(C(=O)OCC(=O)N[C@@H](C)c2ccccc2)c2ccccc2c1=O. The normalized spacial score (nSPS) is 12.0. The van der Waals surface area contributed by atoms with E-state index in [9.17, 15) is 14.4 Å². The number of aryl methyl sites for hydroxylation is 1. The number of carbonyl (C=O) groups is 2. The van der Waals surface area contributed by atoms with Crippen LogP contribution in [0.1, 0.15) is 49.3 Å². The van der Waals surface area contributed by atoms with E-state index in [2.05, 4.69) is 24.3 Å². The molecule has 31 heavy (non-hydrogen) atoms. The van der Waals surface area contributed by atoms with Crippen LogP contribution in [0.2, 0.25) is 0 Å². The number of benzene rings is 2. The molecule has 0 radical (unpaired) electrons. The van der Waals surface area contributed by atoms with Gasteiger partial charge in [0, 0.05) is 11.9 Å². The summed E-state index contributed by atoms with van der Waals surface area (Å²) in [6.45, 7) is 5.93. The maximum Gasteiger partial charge on any atom is 0.359 e. The van der Waals surface area contributed by atoms with Crippen LogP contribution in [-0.4, -0.2) is 28.3 Å². The van der Waals surface area contributed by atoms with Crippen molar-refractivity contribution in [2.75, 3.05) is 6.61 Å². The minimum Gasteiger partial charge on any atom is -0.451 e. The number of ether oxygens (including phenoxy) is 1. The second kappa shape index (κ2) is 10.0. The highest BCUT2D eigenvalue weighted by Crippen LogP contribution is 2.15. The average Bonchev–Trinajstić information content (AvgIpc) is 2.77. The summed E-state index contributed by atoms with van der Waals surface area (Å²) in [7, 11) is 0. The second-order valence-corrected chi connectivity index (χ2v) is 7.88. The first-order chi connectivity index (χ1) is 14.9. The number of nitrogens with zero attached hydrogens (tertiary/aromatic N) is 2. The lowest BCUT2D eigenvalue weighted by Crippen LogP contribution is -2.32. The molecule has 3 aromatic rings. The Labute approximate surface area is 181 Å². The molecule has 0 unspecified atom stereocenters. The van der Waals surface area contributed by atoms with Crippen LogP contribution in [0.25, 0.3) is 10.8 Å². The number of esters is 1. The van der Waals surface area contributed by atoms with E-state index in [-0.39, 0.29) is 17.3 Å². The molecule has 0 saturated heterocycles.